The maximum atomic E-state index is 6.18. The number of aromatic nitrogens is 2. The Kier molecular flexibility index (Phi) is 6.28. The fourth-order valence-corrected chi connectivity index (χ4v) is 2.78. The van der Waals surface area contributed by atoms with Crippen molar-refractivity contribution in [1.29, 1.82) is 0 Å². The van der Waals surface area contributed by atoms with Crippen molar-refractivity contribution in [3.63, 3.8) is 0 Å². The number of halogens is 1. The number of hydrogen-bond donors (Lipinski definition) is 2. The lowest BCUT2D eigenvalue weighted by Gasteiger charge is -2.13. The molecule has 0 radical (unpaired) electrons. The van der Waals surface area contributed by atoms with E-state index in [0.717, 1.165) is 23.1 Å². The molecule has 0 spiro atoms. The molecule has 0 aliphatic carbocycles. The van der Waals surface area contributed by atoms with E-state index in [2.05, 4.69) is 44.9 Å². The molecular weight excluding hydrogens is 346 g/mol. The van der Waals surface area contributed by atoms with Crippen LogP contribution in [0, 0.1) is 0 Å². The summed E-state index contributed by atoms with van der Waals surface area (Å²) < 4.78 is 2.05. The van der Waals surface area contributed by atoms with Gasteiger partial charge in [0.2, 0.25) is 0 Å². The molecule has 0 bridgehead atoms. The number of hydrogen-bond acceptors (Lipinski definition) is 2. The van der Waals surface area contributed by atoms with Gasteiger partial charge in [-0.1, -0.05) is 54.1 Å². The summed E-state index contributed by atoms with van der Waals surface area (Å²) in [5.41, 5.74) is 3.48. The predicted molar refractivity (Wildman–Crippen MR) is 106 cm³/mol. The lowest BCUT2D eigenvalue weighted by Crippen LogP contribution is -2.36. The molecule has 0 atom stereocenters. The molecule has 5 nitrogen and oxygen atoms in total. The molecule has 2 aromatic carbocycles. The molecule has 134 valence electrons. The summed E-state index contributed by atoms with van der Waals surface area (Å²) in [7, 11) is 1.76. The molecule has 0 amide bonds. The third-order valence-electron chi connectivity index (χ3n) is 4.03. The van der Waals surface area contributed by atoms with E-state index >= 15 is 0 Å². The summed E-state index contributed by atoms with van der Waals surface area (Å²) in [5.74, 6) is 0.743. The van der Waals surface area contributed by atoms with Gasteiger partial charge in [-0.25, -0.2) is 4.98 Å². The number of rotatable bonds is 6. The Hall–Kier alpha value is -2.79. The van der Waals surface area contributed by atoms with E-state index in [-0.39, 0.29) is 0 Å². The SMILES string of the molecule is CN=C(NCc1ccc(Cn2ccnc2)cc1)NCc1ccccc1Cl. The number of imidazole rings is 1. The molecule has 3 rings (SSSR count). The molecule has 1 heterocycles. The highest BCUT2D eigenvalue weighted by atomic mass is 35.5. The average Bonchev–Trinajstić information content (AvgIpc) is 3.17. The lowest BCUT2D eigenvalue weighted by atomic mass is 10.1. The van der Waals surface area contributed by atoms with Crippen LogP contribution in [-0.4, -0.2) is 22.6 Å². The van der Waals surface area contributed by atoms with Crippen LogP contribution in [0.3, 0.4) is 0 Å². The van der Waals surface area contributed by atoms with Crippen molar-refractivity contribution in [2.75, 3.05) is 7.05 Å². The van der Waals surface area contributed by atoms with Gasteiger partial charge in [-0.15, -0.1) is 0 Å². The Morgan fingerprint density at radius 1 is 1.04 bits per heavy atom. The molecular formula is C20H22ClN5. The number of guanidine groups is 1. The van der Waals surface area contributed by atoms with Crippen molar-refractivity contribution in [2.45, 2.75) is 19.6 Å². The molecule has 0 saturated heterocycles. The largest absolute Gasteiger partial charge is 0.352 e. The molecule has 0 aliphatic heterocycles. The summed E-state index contributed by atoms with van der Waals surface area (Å²) in [6.07, 6.45) is 5.58. The first-order valence-electron chi connectivity index (χ1n) is 8.46. The van der Waals surface area contributed by atoms with E-state index in [9.17, 15) is 0 Å². The van der Waals surface area contributed by atoms with Gasteiger partial charge in [0, 0.05) is 44.1 Å². The van der Waals surface area contributed by atoms with Crippen molar-refractivity contribution >= 4 is 17.6 Å². The number of aliphatic imine (C=N–C) groups is 1. The maximum Gasteiger partial charge on any atom is 0.191 e. The molecule has 0 saturated carbocycles. The topological polar surface area (TPSA) is 54.2 Å². The molecule has 0 aliphatic rings. The van der Waals surface area contributed by atoms with Gasteiger partial charge in [-0.05, 0) is 22.8 Å². The summed E-state index contributed by atoms with van der Waals surface area (Å²) in [6, 6.07) is 16.3. The molecule has 6 heteroatoms. The van der Waals surface area contributed by atoms with Crippen LogP contribution >= 0.6 is 11.6 Å². The quantitative estimate of drug-likeness (QED) is 0.518. The van der Waals surface area contributed by atoms with E-state index < -0.39 is 0 Å². The third-order valence-corrected chi connectivity index (χ3v) is 4.40. The van der Waals surface area contributed by atoms with Gasteiger partial charge >= 0.3 is 0 Å². The van der Waals surface area contributed by atoms with E-state index in [1.807, 2.05) is 41.4 Å². The number of benzene rings is 2. The zero-order valence-electron chi connectivity index (χ0n) is 14.7. The average molecular weight is 368 g/mol. The minimum Gasteiger partial charge on any atom is -0.352 e. The molecule has 1 aromatic heterocycles. The first-order valence-corrected chi connectivity index (χ1v) is 8.84. The van der Waals surface area contributed by atoms with E-state index in [1.165, 1.54) is 11.1 Å². The highest BCUT2D eigenvalue weighted by Gasteiger charge is 2.02. The summed E-state index contributed by atoms with van der Waals surface area (Å²) in [5, 5.41) is 7.36. The van der Waals surface area contributed by atoms with Crippen molar-refractivity contribution in [2.24, 2.45) is 4.99 Å². The second-order valence-electron chi connectivity index (χ2n) is 5.92. The van der Waals surface area contributed by atoms with Crippen LogP contribution in [0.5, 0.6) is 0 Å². The van der Waals surface area contributed by atoms with Gasteiger partial charge in [0.25, 0.3) is 0 Å². The van der Waals surface area contributed by atoms with Crippen molar-refractivity contribution in [1.82, 2.24) is 20.2 Å². The Balaban J connectivity index is 1.49. The zero-order valence-corrected chi connectivity index (χ0v) is 15.4. The standard InChI is InChI=1S/C20H22ClN5/c1-22-20(25-13-18-4-2-3-5-19(18)21)24-12-16-6-8-17(9-7-16)14-26-11-10-23-15-26/h2-11,15H,12-14H2,1H3,(H2,22,24,25). The van der Waals surface area contributed by atoms with E-state index in [1.54, 1.807) is 13.2 Å². The van der Waals surface area contributed by atoms with Crippen LogP contribution in [0.4, 0.5) is 0 Å². The van der Waals surface area contributed by atoms with Crippen LogP contribution in [0.1, 0.15) is 16.7 Å². The summed E-state index contributed by atoms with van der Waals surface area (Å²) in [4.78, 5) is 8.32. The Bertz CT molecular complexity index is 841. The Labute approximate surface area is 158 Å². The Morgan fingerprint density at radius 2 is 1.77 bits per heavy atom. The van der Waals surface area contributed by atoms with Gasteiger partial charge in [-0.2, -0.15) is 0 Å². The summed E-state index contributed by atoms with van der Waals surface area (Å²) in [6.45, 7) is 2.16. The second kappa shape index (κ2) is 9.06. The van der Waals surface area contributed by atoms with Crippen LogP contribution in [-0.2, 0) is 19.6 Å². The van der Waals surface area contributed by atoms with E-state index in [4.69, 9.17) is 11.6 Å². The van der Waals surface area contributed by atoms with E-state index in [0.29, 0.717) is 13.1 Å². The highest BCUT2D eigenvalue weighted by molar-refractivity contribution is 6.31. The minimum absolute atomic E-state index is 0.628. The fourth-order valence-electron chi connectivity index (χ4n) is 2.58. The van der Waals surface area contributed by atoms with Gasteiger partial charge in [-0.3, -0.25) is 4.99 Å². The number of nitrogens with one attached hydrogen (secondary N) is 2. The van der Waals surface area contributed by atoms with Crippen molar-refractivity contribution in [3.05, 3.63) is 89.0 Å². The fraction of sp³-hybridized carbons (Fsp3) is 0.200. The normalized spacial score (nSPS) is 11.4. The molecule has 26 heavy (non-hydrogen) atoms. The monoisotopic (exact) mass is 367 g/mol. The Morgan fingerprint density at radius 3 is 2.46 bits per heavy atom. The lowest BCUT2D eigenvalue weighted by molar-refractivity contribution is 0.792. The van der Waals surface area contributed by atoms with Gasteiger partial charge in [0.1, 0.15) is 0 Å². The van der Waals surface area contributed by atoms with Crippen molar-refractivity contribution < 1.29 is 0 Å². The van der Waals surface area contributed by atoms with Gasteiger partial charge in [0.15, 0.2) is 5.96 Å². The van der Waals surface area contributed by atoms with Gasteiger partial charge < -0.3 is 15.2 Å². The zero-order chi connectivity index (χ0) is 18.2. The van der Waals surface area contributed by atoms with Crippen LogP contribution in [0.25, 0.3) is 0 Å². The smallest absolute Gasteiger partial charge is 0.191 e. The highest BCUT2D eigenvalue weighted by Crippen LogP contribution is 2.14. The maximum absolute atomic E-state index is 6.18. The van der Waals surface area contributed by atoms with Crippen LogP contribution in [0.15, 0.2) is 72.2 Å². The number of nitrogens with zero attached hydrogens (tertiary/aromatic N) is 3. The molecule has 2 N–H and O–H groups in total. The van der Waals surface area contributed by atoms with Gasteiger partial charge in [0.05, 0.1) is 6.33 Å². The molecule has 0 unspecified atom stereocenters. The van der Waals surface area contributed by atoms with Crippen LogP contribution in [0.2, 0.25) is 5.02 Å². The second-order valence-corrected chi connectivity index (χ2v) is 6.33. The van der Waals surface area contributed by atoms with Crippen LogP contribution < -0.4 is 10.6 Å². The summed E-state index contributed by atoms with van der Waals surface area (Å²) >= 11 is 6.18. The first kappa shape index (κ1) is 18.0. The van der Waals surface area contributed by atoms with Crippen molar-refractivity contribution in [3.8, 4) is 0 Å². The predicted octanol–water partition coefficient (Wildman–Crippen LogP) is 3.45. The molecule has 0 fully saturated rings. The third kappa shape index (κ3) is 5.10. The molecule has 3 aromatic rings. The minimum atomic E-state index is 0.628. The first-order chi connectivity index (χ1) is 12.7.